The Morgan fingerprint density at radius 3 is 2.39 bits per heavy atom. The standard InChI is InChI=1S/C12H14F3NO2/c1-12(2,3)18-9(17)6-16-8-5-4-7(13)10(14)11(8)15/h4-5,16H,6H2,1-3H3. The molecule has 0 spiro atoms. The minimum atomic E-state index is -1.58. The summed E-state index contributed by atoms with van der Waals surface area (Å²) in [4.78, 5) is 11.3. The van der Waals surface area contributed by atoms with Gasteiger partial charge in [-0.15, -0.1) is 0 Å². The van der Waals surface area contributed by atoms with Crippen LogP contribution in [-0.2, 0) is 9.53 Å². The second-order valence-corrected chi connectivity index (χ2v) is 4.66. The van der Waals surface area contributed by atoms with Crippen molar-refractivity contribution in [2.24, 2.45) is 0 Å². The monoisotopic (exact) mass is 261 g/mol. The highest BCUT2D eigenvalue weighted by Gasteiger charge is 2.17. The zero-order valence-corrected chi connectivity index (χ0v) is 10.3. The third kappa shape index (κ3) is 3.94. The minimum Gasteiger partial charge on any atom is -0.459 e. The molecule has 0 aliphatic heterocycles. The Bertz CT molecular complexity index is 455. The van der Waals surface area contributed by atoms with E-state index in [2.05, 4.69) is 5.32 Å². The van der Waals surface area contributed by atoms with E-state index in [1.165, 1.54) is 0 Å². The van der Waals surface area contributed by atoms with Gasteiger partial charge >= 0.3 is 5.97 Å². The molecule has 6 heteroatoms. The Morgan fingerprint density at radius 2 is 1.83 bits per heavy atom. The number of hydrogen-bond acceptors (Lipinski definition) is 3. The first kappa shape index (κ1) is 14.3. The van der Waals surface area contributed by atoms with E-state index in [0.29, 0.717) is 0 Å². The topological polar surface area (TPSA) is 38.3 Å². The SMILES string of the molecule is CC(C)(C)OC(=O)CNc1ccc(F)c(F)c1F. The van der Waals surface area contributed by atoms with Crippen LogP contribution in [0.2, 0.25) is 0 Å². The molecule has 3 nitrogen and oxygen atoms in total. The molecule has 100 valence electrons. The zero-order valence-electron chi connectivity index (χ0n) is 10.3. The molecule has 0 aromatic heterocycles. The van der Waals surface area contributed by atoms with Crippen molar-refractivity contribution in [2.45, 2.75) is 26.4 Å². The molecule has 18 heavy (non-hydrogen) atoms. The fourth-order valence-electron chi connectivity index (χ4n) is 1.21. The van der Waals surface area contributed by atoms with Crippen LogP contribution in [0.15, 0.2) is 12.1 Å². The van der Waals surface area contributed by atoms with Gasteiger partial charge in [-0.3, -0.25) is 4.79 Å². The van der Waals surface area contributed by atoms with Crippen LogP contribution in [0.1, 0.15) is 20.8 Å². The number of esters is 1. The van der Waals surface area contributed by atoms with E-state index >= 15 is 0 Å². The summed E-state index contributed by atoms with van der Waals surface area (Å²) in [5, 5.41) is 2.35. The number of carbonyl (C=O) groups excluding carboxylic acids is 1. The molecule has 1 aromatic rings. The van der Waals surface area contributed by atoms with Gasteiger partial charge in [0.15, 0.2) is 17.5 Å². The second-order valence-electron chi connectivity index (χ2n) is 4.66. The number of nitrogens with one attached hydrogen (secondary N) is 1. The second kappa shape index (κ2) is 5.29. The van der Waals surface area contributed by atoms with Crippen molar-refractivity contribution in [2.75, 3.05) is 11.9 Å². The lowest BCUT2D eigenvalue weighted by atomic mass is 10.2. The van der Waals surface area contributed by atoms with E-state index in [0.717, 1.165) is 12.1 Å². The molecule has 1 N–H and O–H groups in total. The molecule has 0 heterocycles. The van der Waals surface area contributed by atoms with E-state index in [-0.39, 0.29) is 12.2 Å². The number of ether oxygens (including phenoxy) is 1. The largest absolute Gasteiger partial charge is 0.459 e. The van der Waals surface area contributed by atoms with Crippen molar-refractivity contribution >= 4 is 11.7 Å². The predicted octanol–water partition coefficient (Wildman–Crippen LogP) is 2.86. The molecule has 0 unspecified atom stereocenters. The molecule has 0 atom stereocenters. The fraction of sp³-hybridized carbons (Fsp3) is 0.417. The summed E-state index contributed by atoms with van der Waals surface area (Å²) in [6.07, 6.45) is 0. The summed E-state index contributed by atoms with van der Waals surface area (Å²) >= 11 is 0. The third-order valence-electron chi connectivity index (χ3n) is 1.88. The van der Waals surface area contributed by atoms with Crippen molar-refractivity contribution in [3.63, 3.8) is 0 Å². The first-order valence-electron chi connectivity index (χ1n) is 5.30. The van der Waals surface area contributed by atoms with Gasteiger partial charge in [0.25, 0.3) is 0 Å². The number of carbonyl (C=O) groups is 1. The molecule has 0 radical (unpaired) electrons. The normalized spacial score (nSPS) is 11.2. The van der Waals surface area contributed by atoms with Gasteiger partial charge in [-0.2, -0.15) is 0 Å². The lowest BCUT2D eigenvalue weighted by molar-refractivity contribution is -0.152. The minimum absolute atomic E-state index is 0.292. The van der Waals surface area contributed by atoms with E-state index in [1.807, 2.05) is 0 Å². The van der Waals surface area contributed by atoms with Crippen LogP contribution < -0.4 is 5.32 Å². The van der Waals surface area contributed by atoms with Gasteiger partial charge < -0.3 is 10.1 Å². The molecule has 0 aliphatic rings. The van der Waals surface area contributed by atoms with Gasteiger partial charge in [0.2, 0.25) is 0 Å². The molecule has 0 fully saturated rings. The van der Waals surface area contributed by atoms with Crippen molar-refractivity contribution in [3.05, 3.63) is 29.6 Å². The van der Waals surface area contributed by atoms with E-state index in [1.54, 1.807) is 20.8 Å². The third-order valence-corrected chi connectivity index (χ3v) is 1.88. The first-order chi connectivity index (χ1) is 8.20. The lowest BCUT2D eigenvalue weighted by Gasteiger charge is -2.19. The summed E-state index contributed by atoms with van der Waals surface area (Å²) in [6.45, 7) is 4.72. The summed E-state index contributed by atoms with van der Waals surface area (Å²) in [6, 6.07) is 1.79. The Labute approximate surface area is 103 Å². The molecule has 0 saturated heterocycles. The maximum absolute atomic E-state index is 13.2. The molecular formula is C12H14F3NO2. The summed E-state index contributed by atoms with van der Waals surface area (Å²) < 4.78 is 43.7. The molecule has 0 bridgehead atoms. The van der Waals surface area contributed by atoms with Gasteiger partial charge in [0.1, 0.15) is 12.1 Å². The van der Waals surface area contributed by atoms with Crippen LogP contribution in [0.25, 0.3) is 0 Å². The number of anilines is 1. The number of benzene rings is 1. The fourth-order valence-corrected chi connectivity index (χ4v) is 1.21. The van der Waals surface area contributed by atoms with Crippen molar-refractivity contribution in [3.8, 4) is 0 Å². The zero-order chi connectivity index (χ0) is 13.9. The Balaban J connectivity index is 2.65. The van der Waals surface area contributed by atoms with Gasteiger partial charge in [0.05, 0.1) is 5.69 Å². The molecule has 1 aromatic carbocycles. The summed E-state index contributed by atoms with van der Waals surface area (Å²) in [7, 11) is 0. The van der Waals surface area contributed by atoms with Gasteiger partial charge in [-0.1, -0.05) is 0 Å². The Hall–Kier alpha value is -1.72. The van der Waals surface area contributed by atoms with Crippen LogP contribution in [0.4, 0.5) is 18.9 Å². The summed E-state index contributed by atoms with van der Waals surface area (Å²) in [5.74, 6) is -4.84. The van der Waals surface area contributed by atoms with Crippen LogP contribution in [0.3, 0.4) is 0 Å². The van der Waals surface area contributed by atoms with Crippen molar-refractivity contribution in [1.82, 2.24) is 0 Å². The van der Waals surface area contributed by atoms with Crippen molar-refractivity contribution in [1.29, 1.82) is 0 Å². The van der Waals surface area contributed by atoms with Gasteiger partial charge in [0, 0.05) is 0 Å². The van der Waals surface area contributed by atoms with Crippen LogP contribution in [0.5, 0.6) is 0 Å². The maximum atomic E-state index is 13.2. The lowest BCUT2D eigenvalue weighted by Crippen LogP contribution is -2.28. The highest BCUT2D eigenvalue weighted by atomic mass is 19.2. The highest BCUT2D eigenvalue weighted by molar-refractivity contribution is 5.75. The molecule has 0 amide bonds. The number of hydrogen-bond donors (Lipinski definition) is 1. The van der Waals surface area contributed by atoms with Gasteiger partial charge in [-0.05, 0) is 32.9 Å². The van der Waals surface area contributed by atoms with E-state index in [4.69, 9.17) is 4.74 Å². The average molecular weight is 261 g/mol. The van der Waals surface area contributed by atoms with Crippen LogP contribution >= 0.6 is 0 Å². The van der Waals surface area contributed by atoms with Crippen LogP contribution in [-0.4, -0.2) is 18.1 Å². The summed E-state index contributed by atoms with van der Waals surface area (Å²) in [5.41, 5.74) is -0.953. The molecule has 0 aliphatic carbocycles. The number of halogens is 3. The van der Waals surface area contributed by atoms with E-state index in [9.17, 15) is 18.0 Å². The number of rotatable bonds is 3. The quantitative estimate of drug-likeness (QED) is 0.671. The molecule has 0 saturated carbocycles. The average Bonchev–Trinajstić information content (AvgIpc) is 2.22. The molecular weight excluding hydrogens is 247 g/mol. The maximum Gasteiger partial charge on any atom is 0.325 e. The Kier molecular flexibility index (Phi) is 4.21. The Morgan fingerprint density at radius 1 is 1.22 bits per heavy atom. The highest BCUT2D eigenvalue weighted by Crippen LogP contribution is 2.19. The van der Waals surface area contributed by atoms with E-state index < -0.39 is 29.0 Å². The molecule has 1 rings (SSSR count). The van der Waals surface area contributed by atoms with Crippen LogP contribution in [0, 0.1) is 17.5 Å². The smallest absolute Gasteiger partial charge is 0.325 e. The predicted molar refractivity (Wildman–Crippen MR) is 60.7 cm³/mol. The van der Waals surface area contributed by atoms with Crippen molar-refractivity contribution < 1.29 is 22.7 Å². The first-order valence-corrected chi connectivity index (χ1v) is 5.30. The van der Waals surface area contributed by atoms with Gasteiger partial charge in [-0.25, -0.2) is 13.2 Å².